The number of amides is 1. The first-order chi connectivity index (χ1) is 17.3. The molecule has 0 aliphatic rings. The van der Waals surface area contributed by atoms with Crippen LogP contribution in [-0.2, 0) is 18.9 Å². The Kier molecular flexibility index (Phi) is 8.79. The van der Waals surface area contributed by atoms with Crippen molar-refractivity contribution in [1.29, 1.82) is 0 Å². The van der Waals surface area contributed by atoms with E-state index in [1.807, 2.05) is 13.8 Å². The minimum absolute atomic E-state index is 0.00300. The first kappa shape index (κ1) is 28.4. The van der Waals surface area contributed by atoms with E-state index in [-0.39, 0.29) is 24.7 Å². The van der Waals surface area contributed by atoms with Crippen molar-refractivity contribution in [2.45, 2.75) is 45.0 Å². The van der Waals surface area contributed by atoms with E-state index in [1.165, 1.54) is 23.1 Å². The van der Waals surface area contributed by atoms with Crippen LogP contribution >= 0.6 is 11.6 Å². The van der Waals surface area contributed by atoms with Crippen molar-refractivity contribution in [3.05, 3.63) is 99.8 Å². The van der Waals surface area contributed by atoms with Gasteiger partial charge >= 0.3 is 12.1 Å². The summed E-state index contributed by atoms with van der Waals surface area (Å²) < 4.78 is 78.9. The number of benzene rings is 3. The molecule has 0 fully saturated rings. The number of anilines is 1. The van der Waals surface area contributed by atoms with E-state index < -0.39 is 29.4 Å². The van der Waals surface area contributed by atoms with Crippen LogP contribution in [0.1, 0.15) is 40.9 Å². The van der Waals surface area contributed by atoms with Gasteiger partial charge in [0, 0.05) is 35.4 Å². The number of alkyl halides is 5. The Hall–Kier alpha value is -3.20. The third-order valence-corrected chi connectivity index (χ3v) is 5.81. The molecule has 3 aromatic carbocycles. The zero-order chi connectivity index (χ0) is 27.4. The topological polar surface area (TPSA) is 32.3 Å². The van der Waals surface area contributed by atoms with Crippen LogP contribution in [0.3, 0.4) is 0 Å². The lowest BCUT2D eigenvalue weighted by atomic mass is 10.0. The maximum absolute atomic E-state index is 13.7. The molecule has 3 aromatic rings. The Morgan fingerprint density at radius 2 is 1.51 bits per heavy atom. The summed E-state index contributed by atoms with van der Waals surface area (Å²) in [6.07, 6.45) is -5.37. The third-order valence-electron chi connectivity index (χ3n) is 5.57. The van der Waals surface area contributed by atoms with Crippen LogP contribution in [-0.4, -0.2) is 29.6 Å². The Balaban J connectivity index is 1.91. The second kappa shape index (κ2) is 11.5. The number of nitrogens with zero attached hydrogens (tertiary/aromatic N) is 1. The first-order valence-electron chi connectivity index (χ1n) is 11.4. The van der Waals surface area contributed by atoms with Gasteiger partial charge < -0.3 is 10.2 Å². The average Bonchev–Trinajstić information content (AvgIpc) is 2.83. The summed E-state index contributed by atoms with van der Waals surface area (Å²) in [6.45, 7) is 3.89. The Labute approximate surface area is 216 Å². The molecule has 0 aliphatic carbocycles. The Morgan fingerprint density at radius 1 is 0.919 bits per heavy atom. The number of carbonyl (C=O) groups excluding carboxylic acids is 1. The van der Waals surface area contributed by atoms with Gasteiger partial charge in [-0.05, 0) is 61.7 Å². The smallest absolute Gasteiger partial charge is 0.382 e. The molecular formula is C27H25ClF6N2O. The van der Waals surface area contributed by atoms with Crippen molar-refractivity contribution < 1.29 is 31.1 Å². The third kappa shape index (κ3) is 7.19. The molecule has 10 heteroatoms. The maximum Gasteiger partial charge on any atom is 0.458 e. The van der Waals surface area contributed by atoms with Gasteiger partial charge in [0.05, 0.1) is 5.56 Å². The van der Waals surface area contributed by atoms with Crippen LogP contribution in [0.4, 0.5) is 32.0 Å². The van der Waals surface area contributed by atoms with Gasteiger partial charge in [-0.25, -0.2) is 4.39 Å². The van der Waals surface area contributed by atoms with Gasteiger partial charge in [0.2, 0.25) is 0 Å². The van der Waals surface area contributed by atoms with Crippen molar-refractivity contribution in [2.75, 3.05) is 11.9 Å². The molecule has 3 nitrogen and oxygen atoms in total. The van der Waals surface area contributed by atoms with Gasteiger partial charge in [0.1, 0.15) is 5.82 Å². The maximum atomic E-state index is 13.7. The quantitative estimate of drug-likeness (QED) is 0.279. The molecule has 0 radical (unpaired) electrons. The second-order valence-corrected chi connectivity index (χ2v) is 9.30. The molecule has 0 saturated carbocycles. The molecule has 0 atom stereocenters. The van der Waals surface area contributed by atoms with E-state index in [9.17, 15) is 31.1 Å². The molecule has 3 rings (SSSR count). The minimum atomic E-state index is -5.72. The zero-order valence-corrected chi connectivity index (χ0v) is 20.8. The van der Waals surface area contributed by atoms with Crippen molar-refractivity contribution in [3.63, 3.8) is 0 Å². The molecule has 0 spiro atoms. The molecule has 1 N–H and O–H groups in total. The number of nitrogens with one attached hydrogen (secondary N) is 1. The summed E-state index contributed by atoms with van der Waals surface area (Å²) in [5, 5.41) is 3.51. The van der Waals surface area contributed by atoms with Crippen LogP contribution in [0, 0.1) is 5.82 Å². The lowest BCUT2D eigenvalue weighted by molar-refractivity contribution is -0.289. The van der Waals surface area contributed by atoms with E-state index in [4.69, 9.17) is 11.6 Å². The Bertz CT molecular complexity index is 1210. The highest BCUT2D eigenvalue weighted by Crippen LogP contribution is 2.43. The molecular weight excluding hydrogens is 518 g/mol. The molecule has 0 saturated heterocycles. The van der Waals surface area contributed by atoms with Gasteiger partial charge in [-0.15, -0.1) is 0 Å². The highest BCUT2D eigenvalue weighted by atomic mass is 35.5. The zero-order valence-electron chi connectivity index (χ0n) is 20.1. The van der Waals surface area contributed by atoms with Crippen LogP contribution in [0.2, 0.25) is 5.02 Å². The molecule has 0 unspecified atom stereocenters. The largest absolute Gasteiger partial charge is 0.458 e. The van der Waals surface area contributed by atoms with Crippen molar-refractivity contribution in [1.82, 2.24) is 4.90 Å². The van der Waals surface area contributed by atoms with Gasteiger partial charge in [0.25, 0.3) is 5.91 Å². The standard InChI is InChI=1S/C27H25ClF6N2O/c1-17(2)35-24-12-9-21(28)15-23(24)25(37)36(14-13-18-5-10-22(29)11-6-18)16-19-3-7-20(8-4-19)26(30,31)27(32,33)34/h3-12,15,17,35H,13-14,16H2,1-2H3. The highest BCUT2D eigenvalue weighted by Gasteiger charge is 2.58. The molecule has 198 valence electrons. The average molecular weight is 543 g/mol. The van der Waals surface area contributed by atoms with Crippen molar-refractivity contribution in [2.24, 2.45) is 0 Å². The summed E-state index contributed by atoms with van der Waals surface area (Å²) in [5.41, 5.74) is 0.739. The molecule has 37 heavy (non-hydrogen) atoms. The number of hydrogen-bond donors (Lipinski definition) is 1. The number of rotatable bonds is 9. The highest BCUT2D eigenvalue weighted by molar-refractivity contribution is 6.31. The number of halogens is 7. The predicted molar refractivity (Wildman–Crippen MR) is 131 cm³/mol. The van der Waals surface area contributed by atoms with Gasteiger partial charge in [-0.3, -0.25) is 4.79 Å². The lowest BCUT2D eigenvalue weighted by Crippen LogP contribution is -2.34. The SMILES string of the molecule is CC(C)Nc1ccc(Cl)cc1C(=O)N(CCc1ccc(F)cc1)Cc1ccc(C(F)(F)C(F)(F)F)cc1. The fourth-order valence-corrected chi connectivity index (χ4v) is 3.84. The van der Waals surface area contributed by atoms with Gasteiger partial charge in [-0.2, -0.15) is 22.0 Å². The molecule has 0 heterocycles. The molecule has 0 aromatic heterocycles. The van der Waals surface area contributed by atoms with Crippen molar-refractivity contribution in [3.8, 4) is 0 Å². The van der Waals surface area contributed by atoms with E-state index in [2.05, 4.69) is 5.32 Å². The van der Waals surface area contributed by atoms with Crippen LogP contribution in [0.25, 0.3) is 0 Å². The van der Waals surface area contributed by atoms with E-state index in [1.54, 1.807) is 24.3 Å². The van der Waals surface area contributed by atoms with E-state index in [0.29, 0.717) is 34.8 Å². The first-order valence-corrected chi connectivity index (χ1v) is 11.8. The van der Waals surface area contributed by atoms with E-state index in [0.717, 1.165) is 17.7 Å². The molecule has 0 bridgehead atoms. The summed E-state index contributed by atoms with van der Waals surface area (Å²) in [5.74, 6) is -5.82. The summed E-state index contributed by atoms with van der Waals surface area (Å²) in [7, 11) is 0. The van der Waals surface area contributed by atoms with Gasteiger partial charge in [-0.1, -0.05) is 48.0 Å². The van der Waals surface area contributed by atoms with Crippen LogP contribution in [0.15, 0.2) is 66.7 Å². The van der Waals surface area contributed by atoms with Crippen LogP contribution < -0.4 is 5.32 Å². The second-order valence-electron chi connectivity index (χ2n) is 8.86. The number of carbonyl (C=O) groups is 1. The minimum Gasteiger partial charge on any atom is -0.382 e. The predicted octanol–water partition coefficient (Wildman–Crippen LogP) is 7.84. The van der Waals surface area contributed by atoms with Gasteiger partial charge in [0.15, 0.2) is 0 Å². The van der Waals surface area contributed by atoms with Crippen molar-refractivity contribution >= 4 is 23.2 Å². The fraction of sp³-hybridized carbons (Fsp3) is 0.296. The van der Waals surface area contributed by atoms with E-state index >= 15 is 0 Å². The monoisotopic (exact) mass is 542 g/mol. The fourth-order valence-electron chi connectivity index (χ4n) is 3.67. The Morgan fingerprint density at radius 3 is 2.08 bits per heavy atom. The number of hydrogen-bond acceptors (Lipinski definition) is 2. The lowest BCUT2D eigenvalue weighted by Gasteiger charge is -2.26. The molecule has 0 aliphatic heterocycles. The van der Waals surface area contributed by atoms with Crippen LogP contribution in [0.5, 0.6) is 0 Å². The summed E-state index contributed by atoms with van der Waals surface area (Å²) >= 11 is 6.15. The summed E-state index contributed by atoms with van der Waals surface area (Å²) in [4.78, 5) is 15.1. The summed E-state index contributed by atoms with van der Waals surface area (Å²) in [6, 6.07) is 14.2. The normalized spacial score (nSPS) is 12.1. The molecule has 1 amide bonds.